The van der Waals surface area contributed by atoms with E-state index in [9.17, 15) is 9.59 Å². The number of ether oxygens (including phenoxy) is 1. The van der Waals surface area contributed by atoms with Gasteiger partial charge < -0.3 is 21.1 Å². The van der Waals surface area contributed by atoms with Crippen LogP contribution in [0.15, 0.2) is 18.2 Å². The minimum atomic E-state index is -0.483. The molecule has 1 fully saturated rings. The van der Waals surface area contributed by atoms with Gasteiger partial charge in [0.15, 0.2) is 0 Å². The SMILES string of the molecule is COc1ccc(N)c(NC(=O)[C@H]2CCC(=O)N2)c1.Cl. The number of benzene rings is 1. The quantitative estimate of drug-likeness (QED) is 0.720. The Morgan fingerprint density at radius 3 is 2.84 bits per heavy atom. The van der Waals surface area contributed by atoms with Crippen molar-refractivity contribution in [2.75, 3.05) is 18.2 Å². The van der Waals surface area contributed by atoms with Gasteiger partial charge >= 0.3 is 0 Å². The first-order chi connectivity index (χ1) is 8.60. The van der Waals surface area contributed by atoms with Gasteiger partial charge in [-0.3, -0.25) is 9.59 Å². The highest BCUT2D eigenvalue weighted by atomic mass is 35.5. The monoisotopic (exact) mass is 285 g/mol. The van der Waals surface area contributed by atoms with Crippen LogP contribution in [-0.2, 0) is 9.59 Å². The topological polar surface area (TPSA) is 93.4 Å². The van der Waals surface area contributed by atoms with Crippen LogP contribution in [-0.4, -0.2) is 25.0 Å². The van der Waals surface area contributed by atoms with E-state index in [1.165, 1.54) is 7.11 Å². The fraction of sp³-hybridized carbons (Fsp3) is 0.333. The van der Waals surface area contributed by atoms with Crippen molar-refractivity contribution >= 4 is 35.6 Å². The predicted octanol–water partition coefficient (Wildman–Crippen LogP) is 0.916. The first kappa shape index (κ1) is 15.1. The van der Waals surface area contributed by atoms with Crippen LogP contribution < -0.4 is 21.1 Å². The van der Waals surface area contributed by atoms with Gasteiger partial charge in [0.05, 0.1) is 18.5 Å². The molecule has 2 amide bonds. The van der Waals surface area contributed by atoms with Gasteiger partial charge in [0.2, 0.25) is 11.8 Å². The number of hydrogen-bond acceptors (Lipinski definition) is 4. The molecule has 0 aromatic heterocycles. The molecule has 0 bridgehead atoms. The van der Waals surface area contributed by atoms with Crippen LogP contribution in [0.3, 0.4) is 0 Å². The van der Waals surface area contributed by atoms with Crippen molar-refractivity contribution in [1.29, 1.82) is 0 Å². The summed E-state index contributed by atoms with van der Waals surface area (Å²) in [4.78, 5) is 22.9. The maximum absolute atomic E-state index is 11.9. The Balaban J connectivity index is 0.00000180. The maximum Gasteiger partial charge on any atom is 0.247 e. The fourth-order valence-corrected chi connectivity index (χ4v) is 1.80. The summed E-state index contributed by atoms with van der Waals surface area (Å²) in [6.45, 7) is 0. The van der Waals surface area contributed by atoms with Gasteiger partial charge in [-0.2, -0.15) is 0 Å². The number of amides is 2. The van der Waals surface area contributed by atoms with Crippen molar-refractivity contribution in [1.82, 2.24) is 5.32 Å². The van der Waals surface area contributed by atoms with E-state index in [-0.39, 0.29) is 24.2 Å². The highest BCUT2D eigenvalue weighted by Gasteiger charge is 2.27. The molecule has 19 heavy (non-hydrogen) atoms. The Morgan fingerprint density at radius 2 is 2.26 bits per heavy atom. The zero-order valence-electron chi connectivity index (χ0n) is 10.4. The lowest BCUT2D eigenvalue weighted by Crippen LogP contribution is -2.37. The largest absolute Gasteiger partial charge is 0.497 e. The summed E-state index contributed by atoms with van der Waals surface area (Å²) >= 11 is 0. The number of carbonyl (C=O) groups is 2. The van der Waals surface area contributed by atoms with Crippen LogP contribution in [0, 0.1) is 0 Å². The first-order valence-electron chi connectivity index (χ1n) is 5.64. The Hall–Kier alpha value is -1.95. The number of methoxy groups -OCH3 is 1. The standard InChI is InChI=1S/C12H15N3O3.ClH/c1-18-7-2-3-8(13)10(6-7)15-12(17)9-4-5-11(16)14-9;/h2-3,6,9H,4-5,13H2,1H3,(H,14,16)(H,15,17);1H/t9-;/m1./s1. The highest BCUT2D eigenvalue weighted by molar-refractivity contribution is 6.00. The third kappa shape index (κ3) is 3.51. The Labute approximate surface area is 117 Å². The van der Waals surface area contributed by atoms with E-state index in [1.54, 1.807) is 18.2 Å². The van der Waals surface area contributed by atoms with Crippen molar-refractivity contribution in [3.05, 3.63) is 18.2 Å². The van der Waals surface area contributed by atoms with Crippen LogP contribution in [0.5, 0.6) is 5.75 Å². The third-order valence-corrected chi connectivity index (χ3v) is 2.83. The molecule has 104 valence electrons. The number of carbonyl (C=O) groups excluding carboxylic acids is 2. The molecule has 7 heteroatoms. The number of hydrogen-bond donors (Lipinski definition) is 3. The van der Waals surface area contributed by atoms with E-state index in [0.29, 0.717) is 30.0 Å². The van der Waals surface area contributed by atoms with Crippen molar-refractivity contribution in [3.8, 4) is 5.75 Å². The lowest BCUT2D eigenvalue weighted by atomic mass is 10.2. The van der Waals surface area contributed by atoms with Crippen LogP contribution in [0.2, 0.25) is 0 Å². The summed E-state index contributed by atoms with van der Waals surface area (Å²) < 4.78 is 5.06. The molecule has 0 aliphatic carbocycles. The molecule has 1 aliphatic rings. The summed E-state index contributed by atoms with van der Waals surface area (Å²) in [5, 5.41) is 5.29. The fourth-order valence-electron chi connectivity index (χ4n) is 1.80. The molecule has 0 unspecified atom stereocenters. The smallest absolute Gasteiger partial charge is 0.247 e. The van der Waals surface area contributed by atoms with Gasteiger partial charge in [-0.1, -0.05) is 0 Å². The van der Waals surface area contributed by atoms with Gasteiger partial charge in [-0.15, -0.1) is 12.4 Å². The number of nitrogens with two attached hydrogens (primary N) is 1. The van der Waals surface area contributed by atoms with E-state index in [0.717, 1.165) is 0 Å². The second-order valence-corrected chi connectivity index (χ2v) is 4.10. The lowest BCUT2D eigenvalue weighted by Gasteiger charge is -2.13. The zero-order valence-corrected chi connectivity index (χ0v) is 11.3. The summed E-state index contributed by atoms with van der Waals surface area (Å²) in [7, 11) is 1.54. The molecule has 1 atom stereocenters. The van der Waals surface area contributed by atoms with Crippen LogP contribution in [0.1, 0.15) is 12.8 Å². The molecular weight excluding hydrogens is 270 g/mol. The molecular formula is C12H16ClN3O3. The van der Waals surface area contributed by atoms with Gasteiger partial charge in [-0.25, -0.2) is 0 Å². The van der Waals surface area contributed by atoms with Gasteiger partial charge in [0, 0.05) is 12.5 Å². The summed E-state index contributed by atoms with van der Waals surface area (Å²) in [6, 6.07) is 4.52. The minimum absolute atomic E-state index is 0. The second kappa shape index (κ2) is 6.29. The second-order valence-electron chi connectivity index (χ2n) is 4.10. The zero-order chi connectivity index (χ0) is 13.1. The number of halogens is 1. The molecule has 2 rings (SSSR count). The molecule has 0 spiro atoms. The molecule has 0 saturated carbocycles. The molecule has 1 aromatic carbocycles. The Morgan fingerprint density at radius 1 is 1.53 bits per heavy atom. The van der Waals surface area contributed by atoms with Crippen molar-refractivity contribution in [2.24, 2.45) is 0 Å². The van der Waals surface area contributed by atoms with E-state index in [1.807, 2.05) is 0 Å². The number of nitrogens with one attached hydrogen (secondary N) is 2. The molecule has 1 saturated heterocycles. The molecule has 1 aliphatic heterocycles. The number of nitrogen functional groups attached to an aromatic ring is 1. The molecule has 6 nitrogen and oxygen atoms in total. The van der Waals surface area contributed by atoms with E-state index >= 15 is 0 Å². The van der Waals surface area contributed by atoms with Gasteiger partial charge in [0.25, 0.3) is 0 Å². The average Bonchev–Trinajstić information content (AvgIpc) is 2.79. The average molecular weight is 286 g/mol. The highest BCUT2D eigenvalue weighted by Crippen LogP contribution is 2.24. The van der Waals surface area contributed by atoms with Gasteiger partial charge in [-0.05, 0) is 18.6 Å². The van der Waals surface area contributed by atoms with E-state index in [4.69, 9.17) is 10.5 Å². The van der Waals surface area contributed by atoms with Crippen LogP contribution in [0.4, 0.5) is 11.4 Å². The van der Waals surface area contributed by atoms with Crippen molar-refractivity contribution < 1.29 is 14.3 Å². The maximum atomic E-state index is 11.9. The summed E-state index contributed by atoms with van der Waals surface area (Å²) in [5.74, 6) is 0.240. The Bertz CT molecular complexity index is 493. The molecule has 0 radical (unpaired) electrons. The van der Waals surface area contributed by atoms with E-state index in [2.05, 4.69) is 10.6 Å². The third-order valence-electron chi connectivity index (χ3n) is 2.83. The summed E-state index contributed by atoms with van der Waals surface area (Å²) in [6.07, 6.45) is 0.889. The van der Waals surface area contributed by atoms with Crippen LogP contribution in [0.25, 0.3) is 0 Å². The number of rotatable bonds is 3. The number of anilines is 2. The predicted molar refractivity (Wildman–Crippen MR) is 74.4 cm³/mol. The van der Waals surface area contributed by atoms with Gasteiger partial charge in [0.1, 0.15) is 11.8 Å². The normalized spacial score (nSPS) is 17.3. The summed E-state index contributed by atoms with van der Waals surface area (Å²) in [5.41, 5.74) is 6.70. The molecule has 1 heterocycles. The molecule has 1 aromatic rings. The van der Waals surface area contributed by atoms with Crippen molar-refractivity contribution in [2.45, 2.75) is 18.9 Å². The Kier molecular flexibility index (Phi) is 5.00. The molecule has 4 N–H and O–H groups in total. The van der Waals surface area contributed by atoms with Crippen molar-refractivity contribution in [3.63, 3.8) is 0 Å². The van der Waals surface area contributed by atoms with Crippen LogP contribution >= 0.6 is 12.4 Å². The lowest BCUT2D eigenvalue weighted by molar-refractivity contribution is -0.122. The van der Waals surface area contributed by atoms with E-state index < -0.39 is 6.04 Å². The minimum Gasteiger partial charge on any atom is -0.497 e. The first-order valence-corrected chi connectivity index (χ1v) is 5.64.